The van der Waals surface area contributed by atoms with Gasteiger partial charge in [-0.3, -0.25) is 4.79 Å². The largest absolute Gasteiger partial charge is 0.457 e. The standard InChI is InChI=1S/C26H18ClN3O3/c1-16-7-8-17(15-21(16)27)22-11-9-20(32-22)10-12-24(31)29-19-5-2-4-18(14-19)26-30-25-23(33-26)6-3-13-28-25/h2-15H,1H3,(H,29,31)/b12-10+. The molecule has 0 unspecified atom stereocenters. The highest BCUT2D eigenvalue weighted by Gasteiger charge is 2.10. The highest BCUT2D eigenvalue weighted by atomic mass is 35.5. The zero-order chi connectivity index (χ0) is 22.8. The van der Waals surface area contributed by atoms with Crippen molar-refractivity contribution in [3.8, 4) is 22.8 Å². The Balaban J connectivity index is 1.28. The van der Waals surface area contributed by atoms with Crippen LogP contribution in [0.25, 0.3) is 40.1 Å². The molecule has 3 heterocycles. The SMILES string of the molecule is Cc1ccc(-c2ccc(/C=C/C(=O)Nc3cccc(-c4nc5ncccc5o4)c3)o2)cc1Cl. The summed E-state index contributed by atoms with van der Waals surface area (Å²) in [6, 6.07) is 20.3. The van der Waals surface area contributed by atoms with Crippen molar-refractivity contribution in [1.82, 2.24) is 9.97 Å². The van der Waals surface area contributed by atoms with Gasteiger partial charge < -0.3 is 14.2 Å². The molecular weight excluding hydrogens is 438 g/mol. The first-order valence-electron chi connectivity index (χ1n) is 10.2. The Hall–Kier alpha value is -4.16. The van der Waals surface area contributed by atoms with E-state index in [1.807, 2.05) is 49.4 Å². The summed E-state index contributed by atoms with van der Waals surface area (Å²) in [5.41, 5.74) is 4.38. The Kier molecular flexibility index (Phi) is 5.50. The van der Waals surface area contributed by atoms with Gasteiger partial charge in [0, 0.05) is 34.1 Å². The van der Waals surface area contributed by atoms with Gasteiger partial charge in [-0.25, -0.2) is 4.98 Å². The third kappa shape index (κ3) is 4.56. The normalized spacial score (nSPS) is 11.3. The van der Waals surface area contributed by atoms with Crippen molar-refractivity contribution in [2.24, 2.45) is 0 Å². The van der Waals surface area contributed by atoms with Gasteiger partial charge in [0.15, 0.2) is 11.2 Å². The number of pyridine rings is 1. The lowest BCUT2D eigenvalue weighted by atomic mass is 10.1. The summed E-state index contributed by atoms with van der Waals surface area (Å²) in [6.07, 6.45) is 4.70. The molecule has 0 spiro atoms. The first-order valence-corrected chi connectivity index (χ1v) is 10.6. The Bertz CT molecular complexity index is 1470. The van der Waals surface area contributed by atoms with Crippen LogP contribution < -0.4 is 5.32 Å². The first kappa shape index (κ1) is 20.7. The molecule has 1 amide bonds. The highest BCUT2D eigenvalue weighted by Crippen LogP contribution is 2.28. The van der Waals surface area contributed by atoms with Crippen molar-refractivity contribution in [2.45, 2.75) is 6.92 Å². The van der Waals surface area contributed by atoms with Crippen molar-refractivity contribution in [1.29, 1.82) is 0 Å². The van der Waals surface area contributed by atoms with Crippen molar-refractivity contribution < 1.29 is 13.6 Å². The van der Waals surface area contributed by atoms with Crippen LogP contribution in [0, 0.1) is 6.92 Å². The lowest BCUT2D eigenvalue weighted by Gasteiger charge is -2.03. The van der Waals surface area contributed by atoms with Gasteiger partial charge in [0.05, 0.1) is 0 Å². The van der Waals surface area contributed by atoms with Gasteiger partial charge in [-0.2, -0.15) is 4.98 Å². The molecule has 3 aromatic heterocycles. The topological polar surface area (TPSA) is 81.2 Å². The van der Waals surface area contributed by atoms with Crippen molar-refractivity contribution in [3.63, 3.8) is 0 Å². The number of hydrogen-bond acceptors (Lipinski definition) is 5. The molecule has 7 heteroatoms. The molecule has 0 atom stereocenters. The molecule has 1 N–H and O–H groups in total. The van der Waals surface area contributed by atoms with Crippen LogP contribution in [-0.4, -0.2) is 15.9 Å². The monoisotopic (exact) mass is 455 g/mol. The number of amides is 1. The minimum Gasteiger partial charge on any atom is -0.457 e. The van der Waals surface area contributed by atoms with E-state index in [-0.39, 0.29) is 5.91 Å². The van der Waals surface area contributed by atoms with Gasteiger partial charge in [-0.05, 0) is 67.1 Å². The molecule has 33 heavy (non-hydrogen) atoms. The molecule has 0 fully saturated rings. The van der Waals surface area contributed by atoms with Crippen LogP contribution in [0.2, 0.25) is 5.02 Å². The highest BCUT2D eigenvalue weighted by molar-refractivity contribution is 6.31. The number of anilines is 1. The lowest BCUT2D eigenvalue weighted by Crippen LogP contribution is -2.07. The van der Waals surface area contributed by atoms with E-state index >= 15 is 0 Å². The molecule has 0 aliphatic rings. The number of rotatable bonds is 5. The van der Waals surface area contributed by atoms with Gasteiger partial charge in [0.25, 0.3) is 0 Å². The number of oxazole rings is 1. The molecule has 6 nitrogen and oxygen atoms in total. The first-order chi connectivity index (χ1) is 16.0. The molecule has 0 bridgehead atoms. The van der Waals surface area contributed by atoms with Gasteiger partial charge in [0.1, 0.15) is 11.5 Å². The van der Waals surface area contributed by atoms with Crippen molar-refractivity contribution in [3.05, 3.63) is 95.3 Å². The maximum atomic E-state index is 12.4. The van der Waals surface area contributed by atoms with Gasteiger partial charge in [-0.15, -0.1) is 0 Å². The number of carbonyl (C=O) groups excluding carboxylic acids is 1. The molecule has 2 aromatic carbocycles. The molecule has 0 aliphatic heterocycles. The smallest absolute Gasteiger partial charge is 0.248 e. The second kappa shape index (κ2) is 8.76. The van der Waals surface area contributed by atoms with Gasteiger partial charge in [0.2, 0.25) is 11.8 Å². The summed E-state index contributed by atoms with van der Waals surface area (Å²) in [5, 5.41) is 3.52. The molecule has 0 radical (unpaired) electrons. The summed E-state index contributed by atoms with van der Waals surface area (Å²) >= 11 is 6.20. The average molecular weight is 456 g/mol. The predicted molar refractivity (Wildman–Crippen MR) is 129 cm³/mol. The van der Waals surface area contributed by atoms with E-state index in [4.69, 9.17) is 20.4 Å². The minimum atomic E-state index is -0.289. The van der Waals surface area contributed by atoms with Crippen LogP contribution in [0.15, 0.2) is 87.8 Å². The third-order valence-corrected chi connectivity index (χ3v) is 5.43. The van der Waals surface area contributed by atoms with E-state index in [2.05, 4.69) is 15.3 Å². The number of halogens is 1. The number of aromatic nitrogens is 2. The van der Waals surface area contributed by atoms with Crippen LogP contribution in [-0.2, 0) is 4.79 Å². The Morgan fingerprint density at radius 3 is 2.76 bits per heavy atom. The minimum absolute atomic E-state index is 0.289. The molecule has 0 saturated heterocycles. The average Bonchev–Trinajstić information content (AvgIpc) is 3.47. The summed E-state index contributed by atoms with van der Waals surface area (Å²) in [5.74, 6) is 1.39. The van der Waals surface area contributed by atoms with E-state index in [0.29, 0.717) is 39.4 Å². The van der Waals surface area contributed by atoms with Gasteiger partial charge >= 0.3 is 0 Å². The molecular formula is C26H18ClN3O3. The number of furan rings is 1. The van der Waals surface area contributed by atoms with Crippen LogP contribution in [0.4, 0.5) is 5.69 Å². The van der Waals surface area contributed by atoms with E-state index in [9.17, 15) is 4.79 Å². The number of carbonyl (C=O) groups is 1. The molecule has 0 saturated carbocycles. The van der Waals surface area contributed by atoms with Gasteiger partial charge in [-0.1, -0.05) is 29.8 Å². The van der Waals surface area contributed by atoms with E-state index in [1.165, 1.54) is 6.08 Å². The van der Waals surface area contributed by atoms with Crippen LogP contribution >= 0.6 is 11.6 Å². The zero-order valence-electron chi connectivity index (χ0n) is 17.6. The molecule has 5 aromatic rings. The fraction of sp³-hybridized carbons (Fsp3) is 0.0385. The molecule has 5 rings (SSSR count). The van der Waals surface area contributed by atoms with E-state index in [1.54, 1.807) is 36.5 Å². The number of aryl methyl sites for hydroxylation is 1. The maximum absolute atomic E-state index is 12.4. The summed E-state index contributed by atoms with van der Waals surface area (Å²) < 4.78 is 11.6. The van der Waals surface area contributed by atoms with Crippen LogP contribution in [0.5, 0.6) is 0 Å². The lowest BCUT2D eigenvalue weighted by molar-refractivity contribution is -0.111. The fourth-order valence-electron chi connectivity index (χ4n) is 3.31. The summed E-state index contributed by atoms with van der Waals surface area (Å²) in [6.45, 7) is 1.95. The molecule has 0 aliphatic carbocycles. The fourth-order valence-corrected chi connectivity index (χ4v) is 3.49. The Labute approximate surface area is 194 Å². The number of benzene rings is 2. The van der Waals surface area contributed by atoms with Crippen LogP contribution in [0.3, 0.4) is 0 Å². The maximum Gasteiger partial charge on any atom is 0.248 e. The predicted octanol–water partition coefficient (Wildman–Crippen LogP) is 6.76. The summed E-state index contributed by atoms with van der Waals surface area (Å²) in [7, 11) is 0. The van der Waals surface area contributed by atoms with Crippen molar-refractivity contribution in [2.75, 3.05) is 5.32 Å². The number of nitrogens with zero attached hydrogens (tertiary/aromatic N) is 2. The number of hydrogen-bond donors (Lipinski definition) is 1. The van der Waals surface area contributed by atoms with Crippen LogP contribution in [0.1, 0.15) is 11.3 Å². The second-order valence-corrected chi connectivity index (χ2v) is 7.82. The summed E-state index contributed by atoms with van der Waals surface area (Å²) in [4.78, 5) is 21.0. The molecule has 162 valence electrons. The third-order valence-electron chi connectivity index (χ3n) is 5.02. The Morgan fingerprint density at radius 1 is 1.00 bits per heavy atom. The van der Waals surface area contributed by atoms with E-state index < -0.39 is 0 Å². The number of fused-ring (bicyclic) bond motifs is 1. The number of nitrogens with one attached hydrogen (secondary N) is 1. The zero-order valence-corrected chi connectivity index (χ0v) is 18.3. The van der Waals surface area contributed by atoms with E-state index in [0.717, 1.165) is 16.7 Å². The second-order valence-electron chi connectivity index (χ2n) is 7.41. The van der Waals surface area contributed by atoms with Crippen molar-refractivity contribution >= 4 is 40.5 Å². The Morgan fingerprint density at radius 2 is 1.91 bits per heavy atom. The quantitative estimate of drug-likeness (QED) is 0.296.